The van der Waals surface area contributed by atoms with Gasteiger partial charge in [0.25, 0.3) is 0 Å². The minimum atomic E-state index is 0.584. The first-order valence-electron chi connectivity index (χ1n) is 5.69. The Morgan fingerprint density at radius 1 is 1.31 bits per heavy atom. The first-order chi connectivity index (χ1) is 7.88. The molecule has 16 heavy (non-hydrogen) atoms. The van der Waals surface area contributed by atoms with Crippen LogP contribution in [0.5, 0.6) is 0 Å². The molecule has 3 nitrogen and oxygen atoms in total. The molecule has 1 aromatic rings. The molecule has 0 aliphatic heterocycles. The largest absolute Gasteiger partial charge is 0.367 e. The second kappa shape index (κ2) is 5.73. The lowest BCUT2D eigenvalue weighted by molar-refractivity contribution is 0.462. The highest BCUT2D eigenvalue weighted by Gasteiger charge is 2.12. The van der Waals surface area contributed by atoms with Crippen LogP contribution in [-0.2, 0) is 0 Å². The second-order valence-electron chi connectivity index (χ2n) is 4.08. The van der Waals surface area contributed by atoms with Crippen LogP contribution in [0.15, 0.2) is 23.3 Å². The van der Waals surface area contributed by atoms with Crippen molar-refractivity contribution < 1.29 is 0 Å². The number of hydrogen-bond acceptors (Lipinski definition) is 4. The maximum absolute atomic E-state index is 4.54. The summed E-state index contributed by atoms with van der Waals surface area (Å²) in [7, 11) is 0. The Morgan fingerprint density at radius 3 is 2.75 bits per heavy atom. The van der Waals surface area contributed by atoms with E-state index in [0.29, 0.717) is 6.04 Å². The third-order valence-corrected chi connectivity index (χ3v) is 2.97. The van der Waals surface area contributed by atoms with Crippen LogP contribution in [0.4, 0.5) is 11.5 Å². The van der Waals surface area contributed by atoms with Crippen molar-refractivity contribution in [2.75, 3.05) is 5.32 Å². The van der Waals surface area contributed by atoms with Gasteiger partial charge in [0.15, 0.2) is 0 Å². The summed E-state index contributed by atoms with van der Waals surface area (Å²) in [5.74, 6) is 0.926. The summed E-state index contributed by atoms with van der Waals surface area (Å²) >= 11 is 4.54. The molecule has 0 spiro atoms. The molecular formula is C12H15N3S. The van der Waals surface area contributed by atoms with Crippen molar-refractivity contribution in [3.8, 4) is 0 Å². The Labute approximate surface area is 101 Å². The molecule has 0 saturated heterocycles. The molecule has 0 unspecified atom stereocenters. The molecule has 1 saturated carbocycles. The molecule has 0 aromatic carbocycles. The molecule has 0 amide bonds. The second-order valence-corrected chi connectivity index (χ2v) is 4.27. The zero-order valence-electron chi connectivity index (χ0n) is 9.15. The number of nitrogens with one attached hydrogen (secondary N) is 1. The number of rotatable bonds is 3. The monoisotopic (exact) mass is 233 g/mol. The van der Waals surface area contributed by atoms with Gasteiger partial charge in [0.2, 0.25) is 0 Å². The van der Waals surface area contributed by atoms with Crippen LogP contribution in [-0.4, -0.2) is 16.2 Å². The van der Waals surface area contributed by atoms with Crippen molar-refractivity contribution in [3.05, 3.63) is 18.3 Å². The number of hydrogen-bond donors (Lipinski definition) is 1. The third kappa shape index (κ3) is 3.12. The summed E-state index contributed by atoms with van der Waals surface area (Å²) < 4.78 is 0. The molecule has 1 heterocycles. The zero-order chi connectivity index (χ0) is 11.2. The van der Waals surface area contributed by atoms with Gasteiger partial charge in [0.05, 0.1) is 17.0 Å². The van der Waals surface area contributed by atoms with Crippen LogP contribution < -0.4 is 5.32 Å². The van der Waals surface area contributed by atoms with Crippen molar-refractivity contribution in [1.82, 2.24) is 4.98 Å². The fraction of sp³-hybridized carbons (Fsp3) is 0.500. The maximum atomic E-state index is 4.54. The van der Waals surface area contributed by atoms with Crippen molar-refractivity contribution in [1.29, 1.82) is 0 Å². The molecule has 0 radical (unpaired) electrons. The fourth-order valence-corrected chi connectivity index (χ4v) is 2.15. The molecule has 1 fully saturated rings. The van der Waals surface area contributed by atoms with Crippen LogP contribution >= 0.6 is 12.2 Å². The first kappa shape index (κ1) is 11.2. The van der Waals surface area contributed by atoms with Crippen molar-refractivity contribution in [2.45, 2.75) is 38.1 Å². The van der Waals surface area contributed by atoms with E-state index in [1.54, 1.807) is 6.20 Å². The highest BCUT2D eigenvalue weighted by Crippen LogP contribution is 2.21. The van der Waals surface area contributed by atoms with Crippen molar-refractivity contribution in [3.63, 3.8) is 0 Å². The number of aliphatic imine (C=N–C) groups is 1. The number of isothiocyanates is 1. The number of thiocarbonyl (C=S) groups is 1. The van der Waals surface area contributed by atoms with E-state index in [4.69, 9.17) is 0 Å². The highest BCUT2D eigenvalue weighted by molar-refractivity contribution is 7.78. The predicted octanol–water partition coefficient (Wildman–Crippen LogP) is 3.56. The van der Waals surface area contributed by atoms with Gasteiger partial charge >= 0.3 is 0 Å². The van der Waals surface area contributed by atoms with E-state index < -0.39 is 0 Å². The molecule has 1 aliphatic carbocycles. The summed E-state index contributed by atoms with van der Waals surface area (Å²) in [5.41, 5.74) is 0.754. The molecule has 1 aromatic heterocycles. The van der Waals surface area contributed by atoms with Crippen LogP contribution in [0.2, 0.25) is 0 Å². The number of pyridine rings is 1. The molecule has 84 valence electrons. The minimum absolute atomic E-state index is 0.584. The highest BCUT2D eigenvalue weighted by atomic mass is 32.1. The van der Waals surface area contributed by atoms with Gasteiger partial charge in [-0.2, -0.15) is 4.99 Å². The average Bonchev–Trinajstić information content (AvgIpc) is 2.33. The van der Waals surface area contributed by atoms with Gasteiger partial charge in [-0.25, -0.2) is 4.98 Å². The van der Waals surface area contributed by atoms with Crippen LogP contribution in [0.3, 0.4) is 0 Å². The molecule has 4 heteroatoms. The zero-order valence-corrected chi connectivity index (χ0v) is 9.96. The van der Waals surface area contributed by atoms with E-state index in [1.165, 1.54) is 32.1 Å². The SMILES string of the molecule is S=C=Nc1ccc(NC2CCCCC2)nc1. The third-order valence-electron chi connectivity index (χ3n) is 2.88. The van der Waals surface area contributed by atoms with Gasteiger partial charge in [-0.1, -0.05) is 19.3 Å². The molecular weight excluding hydrogens is 218 g/mol. The van der Waals surface area contributed by atoms with Crippen LogP contribution in [0, 0.1) is 0 Å². The minimum Gasteiger partial charge on any atom is -0.367 e. The lowest BCUT2D eigenvalue weighted by atomic mass is 9.95. The van der Waals surface area contributed by atoms with Gasteiger partial charge in [-0.05, 0) is 37.2 Å². The van der Waals surface area contributed by atoms with E-state index in [1.807, 2.05) is 12.1 Å². The van der Waals surface area contributed by atoms with Crippen molar-refractivity contribution in [2.24, 2.45) is 4.99 Å². The van der Waals surface area contributed by atoms with Crippen LogP contribution in [0.25, 0.3) is 0 Å². The number of nitrogens with zero attached hydrogens (tertiary/aromatic N) is 2. The Bertz CT molecular complexity index is 376. The van der Waals surface area contributed by atoms with E-state index >= 15 is 0 Å². The summed E-state index contributed by atoms with van der Waals surface area (Å²) in [4.78, 5) is 8.17. The van der Waals surface area contributed by atoms with E-state index in [2.05, 4.69) is 32.7 Å². The first-order valence-corrected chi connectivity index (χ1v) is 6.10. The Balaban J connectivity index is 1.96. The van der Waals surface area contributed by atoms with Gasteiger partial charge in [-0.15, -0.1) is 0 Å². The fourth-order valence-electron chi connectivity index (χ4n) is 2.05. The Hall–Kier alpha value is -1.25. The van der Waals surface area contributed by atoms with Crippen molar-refractivity contribution >= 4 is 28.9 Å². The molecule has 0 atom stereocenters. The van der Waals surface area contributed by atoms with E-state index in [-0.39, 0.29) is 0 Å². The molecule has 1 N–H and O–H groups in total. The topological polar surface area (TPSA) is 37.3 Å². The van der Waals surface area contributed by atoms with E-state index in [0.717, 1.165) is 11.5 Å². The summed E-state index contributed by atoms with van der Waals surface area (Å²) in [6, 6.07) is 4.43. The van der Waals surface area contributed by atoms with Gasteiger partial charge in [0, 0.05) is 6.04 Å². The molecule has 1 aliphatic rings. The Morgan fingerprint density at radius 2 is 2.12 bits per heavy atom. The molecule has 0 bridgehead atoms. The Kier molecular flexibility index (Phi) is 4.03. The normalized spacial score (nSPS) is 16.5. The smallest absolute Gasteiger partial charge is 0.126 e. The van der Waals surface area contributed by atoms with Crippen LogP contribution in [0.1, 0.15) is 32.1 Å². The van der Waals surface area contributed by atoms with Gasteiger partial charge < -0.3 is 5.32 Å². The quantitative estimate of drug-likeness (QED) is 0.640. The molecule has 2 rings (SSSR count). The lowest BCUT2D eigenvalue weighted by Crippen LogP contribution is -2.22. The summed E-state index contributed by atoms with van der Waals surface area (Å²) in [5, 5.41) is 5.78. The number of anilines is 1. The summed E-state index contributed by atoms with van der Waals surface area (Å²) in [6.45, 7) is 0. The van der Waals surface area contributed by atoms with E-state index in [9.17, 15) is 0 Å². The van der Waals surface area contributed by atoms with Gasteiger partial charge in [-0.3, -0.25) is 0 Å². The average molecular weight is 233 g/mol. The number of aromatic nitrogens is 1. The summed E-state index contributed by atoms with van der Waals surface area (Å²) in [6.07, 6.45) is 8.23. The lowest BCUT2D eigenvalue weighted by Gasteiger charge is -2.23. The standard InChI is InChI=1S/C12H15N3S/c16-9-14-11-6-7-12(13-8-11)15-10-4-2-1-3-5-10/h6-8,10H,1-5H2,(H,13,15). The predicted molar refractivity (Wildman–Crippen MR) is 69.4 cm³/mol. The van der Waals surface area contributed by atoms with Gasteiger partial charge in [0.1, 0.15) is 5.82 Å². The maximum Gasteiger partial charge on any atom is 0.126 e.